The third kappa shape index (κ3) is 4.36. The second-order valence-electron chi connectivity index (χ2n) is 7.50. The first-order valence-electron chi connectivity index (χ1n) is 10.0. The molecule has 1 saturated carbocycles. The van der Waals surface area contributed by atoms with Crippen LogP contribution in [-0.4, -0.2) is 61.5 Å². The van der Waals surface area contributed by atoms with Crippen molar-refractivity contribution in [2.24, 2.45) is 5.92 Å². The van der Waals surface area contributed by atoms with Gasteiger partial charge >= 0.3 is 0 Å². The second kappa shape index (κ2) is 8.55. The van der Waals surface area contributed by atoms with Gasteiger partial charge in [0.25, 0.3) is 5.91 Å². The fourth-order valence-electron chi connectivity index (χ4n) is 3.92. The average Bonchev–Trinajstić information content (AvgIpc) is 3.59. The molecular formula is C23H26N2O4. The van der Waals surface area contributed by atoms with Crippen molar-refractivity contribution in [3.63, 3.8) is 0 Å². The quantitative estimate of drug-likeness (QED) is 0.756. The molecule has 1 aliphatic carbocycles. The molecule has 6 nitrogen and oxygen atoms in total. The number of para-hydroxylation sites is 2. The average molecular weight is 394 g/mol. The standard InChI is InChI=1S/C23H26N2O4/c1-28-20-9-5-6-10-21(20)29-16-22(26)24-11-13-25(14-12-24)23(27)19-15-18(19)17-7-3-2-4-8-17/h2-10,18-19H,11-16H2,1H3/t18-,19-/m0/s1. The Morgan fingerprint density at radius 1 is 0.897 bits per heavy atom. The summed E-state index contributed by atoms with van der Waals surface area (Å²) >= 11 is 0. The highest BCUT2D eigenvalue weighted by Crippen LogP contribution is 2.48. The second-order valence-corrected chi connectivity index (χ2v) is 7.50. The van der Waals surface area contributed by atoms with Gasteiger partial charge in [-0.2, -0.15) is 0 Å². The molecule has 0 spiro atoms. The van der Waals surface area contributed by atoms with E-state index >= 15 is 0 Å². The molecule has 6 heteroatoms. The summed E-state index contributed by atoms with van der Waals surface area (Å²) < 4.78 is 10.9. The summed E-state index contributed by atoms with van der Waals surface area (Å²) in [6.07, 6.45) is 0.925. The van der Waals surface area contributed by atoms with Gasteiger partial charge in [0, 0.05) is 32.1 Å². The molecule has 2 aliphatic rings. The molecule has 0 radical (unpaired) electrons. The maximum atomic E-state index is 12.8. The monoisotopic (exact) mass is 394 g/mol. The zero-order valence-electron chi connectivity index (χ0n) is 16.6. The Kier molecular flexibility index (Phi) is 5.69. The molecule has 2 fully saturated rings. The van der Waals surface area contributed by atoms with Crippen molar-refractivity contribution < 1.29 is 19.1 Å². The zero-order chi connectivity index (χ0) is 20.2. The lowest BCUT2D eigenvalue weighted by Gasteiger charge is -2.35. The molecule has 2 aromatic carbocycles. The number of hydrogen-bond acceptors (Lipinski definition) is 4. The molecule has 4 rings (SSSR count). The topological polar surface area (TPSA) is 59.1 Å². The molecular weight excluding hydrogens is 368 g/mol. The molecule has 2 amide bonds. The van der Waals surface area contributed by atoms with Gasteiger partial charge in [-0.25, -0.2) is 0 Å². The fraction of sp³-hybridized carbons (Fsp3) is 0.391. The van der Waals surface area contributed by atoms with Gasteiger partial charge in [-0.15, -0.1) is 0 Å². The number of nitrogens with zero attached hydrogens (tertiary/aromatic N) is 2. The minimum absolute atomic E-state index is 0.0347. The number of hydrogen-bond donors (Lipinski definition) is 0. The van der Waals surface area contributed by atoms with E-state index in [4.69, 9.17) is 9.47 Å². The Balaban J connectivity index is 1.24. The molecule has 152 valence electrons. The van der Waals surface area contributed by atoms with Crippen molar-refractivity contribution in [1.82, 2.24) is 9.80 Å². The molecule has 0 unspecified atom stereocenters. The molecule has 0 aromatic heterocycles. The molecule has 2 atom stereocenters. The highest BCUT2D eigenvalue weighted by molar-refractivity contribution is 5.83. The third-order valence-electron chi connectivity index (χ3n) is 5.70. The lowest BCUT2D eigenvalue weighted by molar-refractivity contribution is -0.141. The molecule has 1 aliphatic heterocycles. The smallest absolute Gasteiger partial charge is 0.260 e. The van der Waals surface area contributed by atoms with Gasteiger partial charge in [0.2, 0.25) is 5.91 Å². The van der Waals surface area contributed by atoms with Gasteiger partial charge in [-0.1, -0.05) is 42.5 Å². The van der Waals surface area contributed by atoms with E-state index in [1.165, 1.54) is 5.56 Å². The van der Waals surface area contributed by atoms with Crippen LogP contribution in [0.1, 0.15) is 17.9 Å². The summed E-state index contributed by atoms with van der Waals surface area (Å²) in [4.78, 5) is 28.9. The fourth-order valence-corrected chi connectivity index (χ4v) is 3.92. The Morgan fingerprint density at radius 3 is 2.21 bits per heavy atom. The van der Waals surface area contributed by atoms with Gasteiger partial charge in [-0.05, 0) is 30.0 Å². The van der Waals surface area contributed by atoms with E-state index in [2.05, 4.69) is 12.1 Å². The van der Waals surface area contributed by atoms with Crippen LogP contribution in [0.4, 0.5) is 0 Å². The predicted octanol–water partition coefficient (Wildman–Crippen LogP) is 2.55. The van der Waals surface area contributed by atoms with Crippen molar-refractivity contribution in [3.05, 3.63) is 60.2 Å². The van der Waals surface area contributed by atoms with Crippen LogP contribution in [0, 0.1) is 5.92 Å². The lowest BCUT2D eigenvalue weighted by atomic mass is 10.1. The number of ether oxygens (including phenoxy) is 2. The van der Waals surface area contributed by atoms with Gasteiger partial charge in [0.1, 0.15) is 0 Å². The van der Waals surface area contributed by atoms with Gasteiger partial charge < -0.3 is 19.3 Å². The molecule has 0 bridgehead atoms. The van der Waals surface area contributed by atoms with Crippen LogP contribution >= 0.6 is 0 Å². The molecule has 2 aromatic rings. The molecule has 29 heavy (non-hydrogen) atoms. The Labute approximate surface area is 171 Å². The van der Waals surface area contributed by atoms with Crippen LogP contribution in [0.25, 0.3) is 0 Å². The largest absolute Gasteiger partial charge is 0.493 e. The number of rotatable bonds is 6. The highest BCUT2D eigenvalue weighted by Gasteiger charge is 2.46. The summed E-state index contributed by atoms with van der Waals surface area (Å²) in [6.45, 7) is 2.21. The predicted molar refractivity (Wildman–Crippen MR) is 109 cm³/mol. The van der Waals surface area contributed by atoms with Crippen LogP contribution in [-0.2, 0) is 9.59 Å². The summed E-state index contributed by atoms with van der Waals surface area (Å²) in [6, 6.07) is 17.5. The van der Waals surface area contributed by atoms with Gasteiger partial charge in [0.15, 0.2) is 18.1 Å². The number of piperazine rings is 1. The van der Waals surface area contributed by atoms with Gasteiger partial charge in [-0.3, -0.25) is 9.59 Å². The van der Waals surface area contributed by atoms with Crippen molar-refractivity contribution in [1.29, 1.82) is 0 Å². The van der Waals surface area contributed by atoms with Crippen LogP contribution < -0.4 is 9.47 Å². The number of benzene rings is 2. The lowest BCUT2D eigenvalue weighted by Crippen LogP contribution is -2.52. The van der Waals surface area contributed by atoms with Gasteiger partial charge in [0.05, 0.1) is 7.11 Å². The number of carbonyl (C=O) groups excluding carboxylic acids is 2. The van der Waals surface area contributed by atoms with E-state index in [-0.39, 0.29) is 24.3 Å². The van der Waals surface area contributed by atoms with E-state index in [0.717, 1.165) is 6.42 Å². The SMILES string of the molecule is COc1ccccc1OCC(=O)N1CCN(C(=O)[C@H]2C[C@H]2c2ccccc2)CC1. The number of carbonyl (C=O) groups is 2. The van der Waals surface area contributed by atoms with E-state index in [1.807, 2.05) is 35.2 Å². The zero-order valence-corrected chi connectivity index (χ0v) is 16.6. The minimum Gasteiger partial charge on any atom is -0.493 e. The summed E-state index contributed by atoms with van der Waals surface area (Å²) in [5.74, 6) is 1.74. The maximum Gasteiger partial charge on any atom is 0.260 e. The van der Waals surface area contributed by atoms with Crippen LogP contribution in [0.3, 0.4) is 0 Å². The van der Waals surface area contributed by atoms with Crippen LogP contribution in [0.2, 0.25) is 0 Å². The maximum absolute atomic E-state index is 12.8. The number of amides is 2. The van der Waals surface area contributed by atoms with Crippen molar-refractivity contribution in [3.8, 4) is 11.5 Å². The van der Waals surface area contributed by atoms with E-state index in [0.29, 0.717) is 43.6 Å². The van der Waals surface area contributed by atoms with Crippen LogP contribution in [0.5, 0.6) is 11.5 Å². The number of methoxy groups -OCH3 is 1. The third-order valence-corrected chi connectivity index (χ3v) is 5.70. The summed E-state index contributed by atoms with van der Waals surface area (Å²) in [5.41, 5.74) is 1.24. The van der Waals surface area contributed by atoms with Crippen molar-refractivity contribution in [2.75, 3.05) is 39.9 Å². The first-order chi connectivity index (χ1) is 14.2. The highest BCUT2D eigenvalue weighted by atomic mass is 16.5. The first-order valence-corrected chi connectivity index (χ1v) is 10.0. The van der Waals surface area contributed by atoms with E-state index in [9.17, 15) is 9.59 Å². The Hall–Kier alpha value is -3.02. The molecule has 1 saturated heterocycles. The molecule has 1 heterocycles. The van der Waals surface area contributed by atoms with Crippen molar-refractivity contribution in [2.45, 2.75) is 12.3 Å². The molecule has 0 N–H and O–H groups in total. The summed E-state index contributed by atoms with van der Waals surface area (Å²) in [5, 5.41) is 0. The van der Waals surface area contributed by atoms with Crippen LogP contribution in [0.15, 0.2) is 54.6 Å². The van der Waals surface area contributed by atoms with Crippen molar-refractivity contribution >= 4 is 11.8 Å². The van der Waals surface area contributed by atoms with E-state index in [1.54, 1.807) is 24.1 Å². The summed E-state index contributed by atoms with van der Waals surface area (Å²) in [7, 11) is 1.57. The minimum atomic E-state index is -0.0726. The Bertz CT molecular complexity index is 862. The van der Waals surface area contributed by atoms with E-state index < -0.39 is 0 Å². The normalized spacial score (nSPS) is 20.9. The Morgan fingerprint density at radius 2 is 1.52 bits per heavy atom. The first kappa shape index (κ1) is 19.3.